The van der Waals surface area contributed by atoms with Crippen LogP contribution in [0.5, 0.6) is 0 Å². The zero-order chi connectivity index (χ0) is 20.4. The van der Waals surface area contributed by atoms with Gasteiger partial charge in [-0.1, -0.05) is 33.3 Å². The van der Waals surface area contributed by atoms with Gasteiger partial charge in [0.1, 0.15) is 0 Å². The Labute approximate surface area is 184 Å². The van der Waals surface area contributed by atoms with Gasteiger partial charge in [0.15, 0.2) is 5.13 Å². The summed E-state index contributed by atoms with van der Waals surface area (Å²) >= 11 is 5.11. The second-order valence-electron chi connectivity index (χ2n) is 7.91. The van der Waals surface area contributed by atoms with Crippen LogP contribution >= 0.6 is 27.3 Å². The summed E-state index contributed by atoms with van der Waals surface area (Å²) in [5.41, 5.74) is 4.44. The Hall–Kier alpha value is -1.76. The number of aromatic nitrogens is 1. The Kier molecular flexibility index (Phi) is 6.32. The molecule has 1 heterocycles. The van der Waals surface area contributed by atoms with Gasteiger partial charge in [-0.25, -0.2) is 4.98 Å². The van der Waals surface area contributed by atoms with Gasteiger partial charge in [-0.05, 0) is 94.2 Å². The molecule has 0 fully saturated rings. The predicted octanol–water partition coefficient (Wildman–Crippen LogP) is 5.54. The van der Waals surface area contributed by atoms with Gasteiger partial charge >= 0.3 is 0 Å². The summed E-state index contributed by atoms with van der Waals surface area (Å²) < 4.78 is 2.12. The molecule has 6 heteroatoms. The van der Waals surface area contributed by atoms with Crippen LogP contribution in [-0.4, -0.2) is 43.0 Å². The smallest absolute Gasteiger partial charge is 0.260 e. The lowest BCUT2D eigenvalue weighted by molar-refractivity contribution is 0.0986. The highest BCUT2D eigenvalue weighted by atomic mass is 79.9. The standard InChI is InChI=1S/C23H26BrN3OS/c1-26(2)12-5-13-27(23-25-20-11-10-19(24)15-21(20)29-23)22(28)18-9-8-16-6-3-4-7-17(16)14-18/h8-11,14-15H,3-7,12-13H2,1-2H3. The van der Waals surface area contributed by atoms with Crippen LogP contribution in [0.3, 0.4) is 0 Å². The van der Waals surface area contributed by atoms with Crippen molar-refractivity contribution in [3.8, 4) is 0 Å². The Morgan fingerprint density at radius 1 is 1.07 bits per heavy atom. The number of aryl methyl sites for hydroxylation is 2. The number of fused-ring (bicyclic) bond motifs is 2. The molecule has 0 unspecified atom stereocenters. The molecule has 0 N–H and O–H groups in total. The van der Waals surface area contributed by atoms with Gasteiger partial charge in [0.2, 0.25) is 0 Å². The van der Waals surface area contributed by atoms with Gasteiger partial charge in [0, 0.05) is 16.6 Å². The van der Waals surface area contributed by atoms with Crippen molar-refractivity contribution in [1.82, 2.24) is 9.88 Å². The number of hydrogen-bond donors (Lipinski definition) is 0. The first kappa shape index (κ1) is 20.5. The number of halogens is 1. The molecule has 1 aliphatic rings. The minimum atomic E-state index is 0.0512. The third kappa shape index (κ3) is 4.71. The van der Waals surface area contributed by atoms with Crippen molar-refractivity contribution in [2.45, 2.75) is 32.1 Å². The van der Waals surface area contributed by atoms with Crippen LogP contribution < -0.4 is 4.90 Å². The largest absolute Gasteiger partial charge is 0.309 e. The van der Waals surface area contributed by atoms with Crippen molar-refractivity contribution < 1.29 is 4.79 Å². The van der Waals surface area contributed by atoms with Crippen molar-refractivity contribution in [3.63, 3.8) is 0 Å². The van der Waals surface area contributed by atoms with E-state index in [2.05, 4.69) is 53.1 Å². The van der Waals surface area contributed by atoms with Crippen LogP contribution in [0.2, 0.25) is 0 Å². The number of anilines is 1. The van der Waals surface area contributed by atoms with Crippen molar-refractivity contribution in [2.24, 2.45) is 0 Å². The van der Waals surface area contributed by atoms with Crippen molar-refractivity contribution in [3.05, 3.63) is 57.6 Å². The summed E-state index contributed by atoms with van der Waals surface area (Å²) in [5.74, 6) is 0.0512. The highest BCUT2D eigenvalue weighted by molar-refractivity contribution is 9.10. The van der Waals surface area contributed by atoms with Gasteiger partial charge in [-0.3, -0.25) is 9.69 Å². The molecule has 0 saturated carbocycles. The molecule has 1 amide bonds. The molecule has 3 aromatic rings. The van der Waals surface area contributed by atoms with Crippen molar-refractivity contribution in [1.29, 1.82) is 0 Å². The van der Waals surface area contributed by atoms with Gasteiger partial charge < -0.3 is 4.90 Å². The Morgan fingerprint density at radius 3 is 2.66 bits per heavy atom. The minimum absolute atomic E-state index is 0.0512. The van der Waals surface area contributed by atoms with E-state index in [-0.39, 0.29) is 5.91 Å². The van der Waals surface area contributed by atoms with E-state index in [0.717, 1.165) is 51.2 Å². The molecule has 0 aliphatic heterocycles. The Morgan fingerprint density at radius 2 is 1.86 bits per heavy atom. The van der Waals surface area contributed by atoms with E-state index >= 15 is 0 Å². The average Bonchev–Trinajstić information content (AvgIpc) is 3.13. The molecule has 0 saturated heterocycles. The Bertz CT molecular complexity index is 1030. The molecule has 0 bridgehead atoms. The lowest BCUT2D eigenvalue weighted by Gasteiger charge is -2.22. The number of amides is 1. The summed E-state index contributed by atoms with van der Waals surface area (Å²) in [4.78, 5) is 22.3. The van der Waals surface area contributed by atoms with Crippen LogP contribution in [0.4, 0.5) is 5.13 Å². The van der Waals surface area contributed by atoms with Crippen LogP contribution in [0.1, 0.15) is 40.7 Å². The maximum absolute atomic E-state index is 13.5. The first-order valence-electron chi connectivity index (χ1n) is 10.2. The van der Waals surface area contributed by atoms with E-state index in [1.54, 1.807) is 11.3 Å². The lowest BCUT2D eigenvalue weighted by Crippen LogP contribution is -2.33. The van der Waals surface area contributed by atoms with E-state index in [1.165, 1.54) is 24.0 Å². The van der Waals surface area contributed by atoms with Gasteiger partial charge in [0.25, 0.3) is 5.91 Å². The maximum Gasteiger partial charge on any atom is 0.260 e. The average molecular weight is 472 g/mol. The number of benzene rings is 2. The molecule has 1 aromatic heterocycles. The monoisotopic (exact) mass is 471 g/mol. The topological polar surface area (TPSA) is 36.4 Å². The molecule has 0 atom stereocenters. The molecule has 4 rings (SSSR count). The van der Waals surface area contributed by atoms with Crippen LogP contribution in [-0.2, 0) is 12.8 Å². The molecular weight excluding hydrogens is 446 g/mol. The second-order valence-corrected chi connectivity index (χ2v) is 9.84. The van der Waals surface area contributed by atoms with Gasteiger partial charge in [-0.2, -0.15) is 0 Å². The van der Waals surface area contributed by atoms with Crippen molar-refractivity contribution in [2.75, 3.05) is 32.1 Å². The maximum atomic E-state index is 13.5. The molecule has 2 aromatic carbocycles. The summed E-state index contributed by atoms with van der Waals surface area (Å²) in [6.07, 6.45) is 5.57. The number of rotatable bonds is 6. The molecular formula is C23H26BrN3OS. The number of hydrogen-bond acceptors (Lipinski definition) is 4. The summed E-state index contributed by atoms with van der Waals surface area (Å²) in [5, 5.41) is 0.777. The van der Waals surface area contributed by atoms with Gasteiger partial charge in [0.05, 0.1) is 10.2 Å². The summed E-state index contributed by atoms with van der Waals surface area (Å²) in [7, 11) is 4.12. The predicted molar refractivity (Wildman–Crippen MR) is 125 cm³/mol. The first-order chi connectivity index (χ1) is 14.0. The molecule has 1 aliphatic carbocycles. The third-order valence-electron chi connectivity index (χ3n) is 5.40. The number of carbonyl (C=O) groups is 1. The van der Waals surface area contributed by atoms with Gasteiger partial charge in [-0.15, -0.1) is 0 Å². The number of carbonyl (C=O) groups excluding carboxylic acids is 1. The Balaban J connectivity index is 1.66. The van der Waals surface area contributed by atoms with Crippen LogP contribution in [0.25, 0.3) is 10.2 Å². The summed E-state index contributed by atoms with van der Waals surface area (Å²) in [6.45, 7) is 1.60. The second kappa shape index (κ2) is 8.94. The number of nitrogens with zero attached hydrogens (tertiary/aromatic N) is 3. The highest BCUT2D eigenvalue weighted by Crippen LogP contribution is 2.32. The quantitative estimate of drug-likeness (QED) is 0.473. The molecule has 29 heavy (non-hydrogen) atoms. The molecule has 152 valence electrons. The van der Waals surface area contributed by atoms with E-state index < -0.39 is 0 Å². The van der Waals surface area contributed by atoms with Crippen LogP contribution in [0, 0.1) is 0 Å². The fourth-order valence-electron chi connectivity index (χ4n) is 3.85. The fourth-order valence-corrected chi connectivity index (χ4v) is 5.39. The molecule has 0 radical (unpaired) electrons. The normalized spacial score (nSPS) is 13.7. The lowest BCUT2D eigenvalue weighted by atomic mass is 9.90. The zero-order valence-electron chi connectivity index (χ0n) is 16.9. The summed E-state index contributed by atoms with van der Waals surface area (Å²) in [6, 6.07) is 12.3. The van der Waals surface area contributed by atoms with E-state index in [1.807, 2.05) is 23.1 Å². The zero-order valence-corrected chi connectivity index (χ0v) is 19.4. The van der Waals surface area contributed by atoms with E-state index in [0.29, 0.717) is 6.54 Å². The minimum Gasteiger partial charge on any atom is -0.309 e. The SMILES string of the molecule is CN(C)CCCN(C(=O)c1ccc2c(c1)CCCC2)c1nc2ccc(Br)cc2s1. The van der Waals surface area contributed by atoms with Crippen molar-refractivity contribution >= 4 is 48.5 Å². The van der Waals surface area contributed by atoms with Crippen LogP contribution in [0.15, 0.2) is 40.9 Å². The van der Waals surface area contributed by atoms with E-state index in [4.69, 9.17) is 4.98 Å². The highest BCUT2D eigenvalue weighted by Gasteiger charge is 2.22. The third-order valence-corrected chi connectivity index (χ3v) is 6.93. The van der Waals surface area contributed by atoms with E-state index in [9.17, 15) is 4.79 Å². The molecule has 0 spiro atoms. The first-order valence-corrected chi connectivity index (χ1v) is 11.8. The fraction of sp³-hybridized carbons (Fsp3) is 0.391. The number of thiazole rings is 1. The molecule has 4 nitrogen and oxygen atoms in total.